The van der Waals surface area contributed by atoms with Gasteiger partial charge in [-0.1, -0.05) is 30.3 Å². The van der Waals surface area contributed by atoms with Gasteiger partial charge >= 0.3 is 12.4 Å². The maximum absolute atomic E-state index is 14.1. The zero-order valence-electron chi connectivity index (χ0n) is 20.5. The lowest BCUT2D eigenvalue weighted by Crippen LogP contribution is -2.60. The summed E-state index contributed by atoms with van der Waals surface area (Å²) in [5.74, 6) is -2.33. The van der Waals surface area contributed by atoms with Crippen molar-refractivity contribution in [3.05, 3.63) is 92.4 Å². The van der Waals surface area contributed by atoms with Gasteiger partial charge in [0.2, 0.25) is 5.43 Å². The van der Waals surface area contributed by atoms with Crippen molar-refractivity contribution in [1.29, 1.82) is 0 Å². The maximum Gasteiger partial charge on any atom is 0.416 e. The summed E-state index contributed by atoms with van der Waals surface area (Å²) in [7, 11) is 0. The van der Waals surface area contributed by atoms with Crippen LogP contribution in [0.5, 0.6) is 5.75 Å². The van der Waals surface area contributed by atoms with E-state index in [0.717, 1.165) is 29.4 Å². The number of pyridine rings is 1. The van der Waals surface area contributed by atoms with Crippen LogP contribution in [-0.2, 0) is 11.9 Å². The van der Waals surface area contributed by atoms with Crippen LogP contribution in [0.1, 0.15) is 51.3 Å². The van der Waals surface area contributed by atoms with Gasteiger partial charge in [0.1, 0.15) is 12.7 Å². The molecule has 0 spiro atoms. The van der Waals surface area contributed by atoms with Crippen molar-refractivity contribution in [2.75, 3.05) is 11.7 Å². The number of rotatable bonds is 2. The fourth-order valence-corrected chi connectivity index (χ4v) is 6.12. The summed E-state index contributed by atoms with van der Waals surface area (Å²) in [6, 6.07) is 6.93. The Morgan fingerprint density at radius 2 is 1.67 bits per heavy atom. The molecule has 2 atom stereocenters. The molecule has 39 heavy (non-hydrogen) atoms. The summed E-state index contributed by atoms with van der Waals surface area (Å²) in [4.78, 5) is 26.9. The van der Waals surface area contributed by atoms with Crippen LogP contribution in [0.2, 0.25) is 0 Å². The van der Waals surface area contributed by atoms with Gasteiger partial charge in [-0.05, 0) is 42.7 Å². The van der Waals surface area contributed by atoms with Crippen LogP contribution >= 0.6 is 11.8 Å². The number of aromatic nitrogens is 1. The minimum Gasteiger partial charge on any atom is -0.502 e. The average Bonchev–Trinajstić information content (AvgIpc) is 3.03. The summed E-state index contributed by atoms with van der Waals surface area (Å²) in [5, 5.41) is 12.0. The van der Waals surface area contributed by atoms with Gasteiger partial charge in [-0.15, -0.1) is 11.8 Å². The highest BCUT2D eigenvalue weighted by Crippen LogP contribution is 2.46. The molecule has 0 radical (unpaired) electrons. The summed E-state index contributed by atoms with van der Waals surface area (Å²) in [5.41, 5.74) is -1.89. The van der Waals surface area contributed by atoms with Gasteiger partial charge in [-0.3, -0.25) is 19.3 Å². The number of nitrogens with zero attached hydrogens (tertiary/aromatic N) is 3. The van der Waals surface area contributed by atoms with Crippen molar-refractivity contribution in [2.45, 2.75) is 48.9 Å². The molecule has 1 N–H and O–H groups in total. The summed E-state index contributed by atoms with van der Waals surface area (Å²) in [6.07, 6.45) is -8.35. The summed E-state index contributed by atoms with van der Waals surface area (Å²) < 4.78 is 84.9. The predicted octanol–water partition coefficient (Wildman–Crippen LogP) is 5.58. The number of alkyl halides is 6. The van der Waals surface area contributed by atoms with E-state index >= 15 is 0 Å². The second-order valence-electron chi connectivity index (χ2n) is 9.36. The number of benzene rings is 2. The lowest BCUT2D eigenvalue weighted by atomic mass is 9.91. The lowest BCUT2D eigenvalue weighted by molar-refractivity contribution is -0.173. The van der Waals surface area contributed by atoms with Gasteiger partial charge in [0.25, 0.3) is 5.91 Å². The normalized spacial score (nSPS) is 18.3. The molecule has 0 aliphatic carbocycles. The number of carbonyl (C=O) groups excluding carboxylic acids is 1. The first-order valence-electron chi connectivity index (χ1n) is 11.7. The Hall–Kier alpha value is -3.61. The smallest absolute Gasteiger partial charge is 0.416 e. The van der Waals surface area contributed by atoms with Gasteiger partial charge in [-0.25, -0.2) is 0 Å². The average molecular weight is 570 g/mol. The van der Waals surface area contributed by atoms with Crippen LogP contribution in [0, 0.1) is 6.92 Å². The van der Waals surface area contributed by atoms with Crippen molar-refractivity contribution >= 4 is 17.7 Å². The SMILES string of the molecule is Cc1cn2c(c(O)c1=O)C(=O)N([C@H](C)C(F)(F)F)CN2[C@@H]1c2ccccc2SCc2c1cccc2C(F)(F)F. The molecule has 3 heterocycles. The highest BCUT2D eigenvalue weighted by molar-refractivity contribution is 7.98. The van der Waals surface area contributed by atoms with Crippen LogP contribution in [0.3, 0.4) is 0 Å². The number of aryl methyl sites for hydroxylation is 1. The first kappa shape index (κ1) is 27.0. The molecule has 1 aromatic heterocycles. The highest BCUT2D eigenvalue weighted by Gasteiger charge is 2.48. The predicted molar refractivity (Wildman–Crippen MR) is 131 cm³/mol. The van der Waals surface area contributed by atoms with Crippen LogP contribution in [0.15, 0.2) is 58.4 Å². The third-order valence-electron chi connectivity index (χ3n) is 7.02. The van der Waals surface area contributed by atoms with Gasteiger partial charge in [0.15, 0.2) is 11.4 Å². The molecule has 0 unspecified atom stereocenters. The molecule has 0 saturated heterocycles. The number of halogens is 6. The standard InChI is InChI=1S/C26H21F6N3O3S/c1-13-10-34-21(23(37)22(13)36)24(38)33(14(2)25(27,28)29)12-35(34)20-15-7-5-8-18(26(30,31)32)17(15)11-39-19-9-4-3-6-16(19)20/h3-10,14,20,37H,11-12H2,1-2H3/t14-,20+/m1/s1. The number of aromatic hydroxyl groups is 1. The molecule has 0 saturated carbocycles. The molecular formula is C26H21F6N3O3S. The molecule has 13 heteroatoms. The molecule has 5 rings (SSSR count). The first-order chi connectivity index (χ1) is 18.2. The Morgan fingerprint density at radius 1 is 1.00 bits per heavy atom. The Morgan fingerprint density at radius 3 is 2.33 bits per heavy atom. The van der Waals surface area contributed by atoms with E-state index in [2.05, 4.69) is 0 Å². The van der Waals surface area contributed by atoms with Crippen LogP contribution in [0.25, 0.3) is 0 Å². The molecular weight excluding hydrogens is 548 g/mol. The van der Waals surface area contributed by atoms with Crippen molar-refractivity contribution < 1.29 is 36.2 Å². The molecule has 3 aromatic rings. The van der Waals surface area contributed by atoms with E-state index in [1.165, 1.54) is 30.3 Å². The fourth-order valence-electron chi connectivity index (χ4n) is 4.98. The van der Waals surface area contributed by atoms with Gasteiger partial charge in [0, 0.05) is 22.4 Å². The third kappa shape index (κ3) is 4.42. The van der Waals surface area contributed by atoms with E-state index in [4.69, 9.17) is 0 Å². The van der Waals surface area contributed by atoms with Gasteiger partial charge in [0.05, 0.1) is 11.6 Å². The molecule has 2 aliphatic rings. The zero-order chi connectivity index (χ0) is 28.4. The highest BCUT2D eigenvalue weighted by atomic mass is 32.2. The molecule has 0 fully saturated rings. The Balaban J connectivity index is 1.83. The monoisotopic (exact) mass is 569 g/mol. The Bertz CT molecular complexity index is 1530. The van der Waals surface area contributed by atoms with E-state index in [9.17, 15) is 41.0 Å². The van der Waals surface area contributed by atoms with Crippen molar-refractivity contribution in [3.63, 3.8) is 0 Å². The van der Waals surface area contributed by atoms with E-state index in [0.29, 0.717) is 15.4 Å². The molecule has 0 bridgehead atoms. The number of carbonyl (C=O) groups is 1. The van der Waals surface area contributed by atoms with Crippen molar-refractivity contribution in [1.82, 2.24) is 9.58 Å². The second kappa shape index (κ2) is 9.25. The number of amides is 1. The van der Waals surface area contributed by atoms with Gasteiger partial charge < -0.3 is 10.0 Å². The van der Waals surface area contributed by atoms with E-state index < -0.39 is 59.4 Å². The first-order valence-corrected chi connectivity index (χ1v) is 12.7. The van der Waals surface area contributed by atoms with Crippen LogP contribution in [0.4, 0.5) is 26.3 Å². The Labute approximate surface area is 222 Å². The molecule has 2 aromatic carbocycles. The largest absolute Gasteiger partial charge is 0.502 e. The lowest BCUT2D eigenvalue weighted by Gasteiger charge is -2.46. The van der Waals surface area contributed by atoms with Crippen molar-refractivity contribution in [3.8, 4) is 5.75 Å². The maximum atomic E-state index is 14.1. The quantitative estimate of drug-likeness (QED) is 0.409. The fraction of sp³-hybridized carbons (Fsp3) is 0.308. The summed E-state index contributed by atoms with van der Waals surface area (Å²) in [6.45, 7) is 1.44. The van der Waals surface area contributed by atoms with E-state index in [1.54, 1.807) is 24.3 Å². The van der Waals surface area contributed by atoms with E-state index in [1.807, 2.05) is 0 Å². The molecule has 1 amide bonds. The van der Waals surface area contributed by atoms with E-state index in [-0.39, 0.29) is 22.4 Å². The van der Waals surface area contributed by atoms with Crippen molar-refractivity contribution in [2.24, 2.45) is 0 Å². The molecule has 2 aliphatic heterocycles. The van der Waals surface area contributed by atoms with Gasteiger partial charge in [-0.2, -0.15) is 26.3 Å². The van der Waals surface area contributed by atoms with Crippen LogP contribution in [-0.4, -0.2) is 39.5 Å². The topological polar surface area (TPSA) is 65.8 Å². The number of thioether (sulfide) groups is 1. The number of fused-ring (bicyclic) bond motifs is 3. The minimum atomic E-state index is -4.86. The zero-order valence-corrected chi connectivity index (χ0v) is 21.3. The minimum absolute atomic E-state index is 0.00748. The number of hydrogen-bond donors (Lipinski definition) is 1. The second-order valence-corrected chi connectivity index (χ2v) is 10.4. The summed E-state index contributed by atoms with van der Waals surface area (Å²) >= 11 is 1.16. The molecule has 206 valence electrons. The van der Waals surface area contributed by atoms with Crippen LogP contribution < -0.4 is 10.4 Å². The number of hydrogen-bond acceptors (Lipinski definition) is 5. The molecule has 6 nitrogen and oxygen atoms in total. The Kier molecular flexibility index (Phi) is 6.40. The third-order valence-corrected chi connectivity index (χ3v) is 8.13.